The van der Waals surface area contributed by atoms with Gasteiger partial charge in [0, 0.05) is 29.3 Å². The van der Waals surface area contributed by atoms with Crippen LogP contribution in [0.15, 0.2) is 40.3 Å². The smallest absolute Gasteiger partial charge is 0.263 e. The Labute approximate surface area is 172 Å². The van der Waals surface area contributed by atoms with Crippen LogP contribution in [0.5, 0.6) is 0 Å². The second-order valence-corrected chi connectivity index (χ2v) is 9.05. The van der Waals surface area contributed by atoms with E-state index >= 15 is 0 Å². The predicted octanol–water partition coefficient (Wildman–Crippen LogP) is 4.48. The van der Waals surface area contributed by atoms with Gasteiger partial charge in [-0.2, -0.15) is 0 Å². The highest BCUT2D eigenvalue weighted by molar-refractivity contribution is 7.99. The highest BCUT2D eigenvalue weighted by atomic mass is 32.2. The summed E-state index contributed by atoms with van der Waals surface area (Å²) in [6, 6.07) is 9.45. The van der Waals surface area contributed by atoms with Crippen LogP contribution in [-0.2, 0) is 24.2 Å². The number of rotatable bonds is 7. The Kier molecular flexibility index (Phi) is 5.82. The number of amides is 1. The van der Waals surface area contributed by atoms with Crippen molar-refractivity contribution in [3.05, 3.63) is 51.1 Å². The van der Waals surface area contributed by atoms with Gasteiger partial charge in [0.2, 0.25) is 5.91 Å². The number of carbonyl (C=O) groups is 1. The van der Waals surface area contributed by atoms with Crippen LogP contribution in [0, 0.1) is 0 Å². The molecule has 0 atom stereocenters. The molecular weight excluding hydrogens is 390 g/mol. The standard InChI is InChI=1S/C21H23N3O2S2/c1-2-12-24-20(26)18-15-9-6-10-16(15)28-19(18)23-21(24)27-13-11-17(25)22-14-7-4-3-5-8-14/h3-5,7-8H,2,6,9-13H2,1H3,(H,22,25). The minimum absolute atomic E-state index is 0.0285. The van der Waals surface area contributed by atoms with E-state index in [2.05, 4.69) is 12.2 Å². The van der Waals surface area contributed by atoms with Crippen molar-refractivity contribution in [2.45, 2.75) is 50.7 Å². The number of para-hydroxylation sites is 1. The van der Waals surface area contributed by atoms with E-state index in [0.717, 1.165) is 46.7 Å². The van der Waals surface area contributed by atoms with E-state index < -0.39 is 0 Å². The van der Waals surface area contributed by atoms with Gasteiger partial charge in [-0.3, -0.25) is 14.2 Å². The SMILES string of the molecule is CCCn1c(SCCC(=O)Nc2ccccc2)nc2sc3c(c2c1=O)CCC3. The molecule has 2 aromatic heterocycles. The van der Waals surface area contributed by atoms with Gasteiger partial charge in [0.25, 0.3) is 5.56 Å². The first-order valence-corrected chi connectivity index (χ1v) is 11.5. The average Bonchev–Trinajstić information content (AvgIpc) is 3.26. The van der Waals surface area contributed by atoms with E-state index in [4.69, 9.17) is 4.98 Å². The first-order chi connectivity index (χ1) is 13.7. The van der Waals surface area contributed by atoms with Gasteiger partial charge in [-0.15, -0.1) is 11.3 Å². The molecule has 146 valence electrons. The fourth-order valence-corrected chi connectivity index (χ4v) is 5.83. The van der Waals surface area contributed by atoms with Crippen molar-refractivity contribution in [1.82, 2.24) is 9.55 Å². The van der Waals surface area contributed by atoms with Crippen LogP contribution in [0.4, 0.5) is 5.69 Å². The van der Waals surface area contributed by atoms with Crippen molar-refractivity contribution in [2.24, 2.45) is 0 Å². The van der Waals surface area contributed by atoms with Gasteiger partial charge in [0.1, 0.15) is 4.83 Å². The molecule has 5 nitrogen and oxygen atoms in total. The molecule has 0 radical (unpaired) electrons. The van der Waals surface area contributed by atoms with Crippen LogP contribution in [0.3, 0.4) is 0 Å². The van der Waals surface area contributed by atoms with Gasteiger partial charge in [-0.25, -0.2) is 4.98 Å². The molecule has 0 saturated heterocycles. The third-order valence-electron chi connectivity index (χ3n) is 4.85. The number of hydrogen-bond donors (Lipinski definition) is 1. The molecule has 1 aliphatic carbocycles. The van der Waals surface area contributed by atoms with E-state index in [9.17, 15) is 9.59 Å². The molecule has 0 saturated carbocycles. The van der Waals surface area contributed by atoms with Crippen molar-refractivity contribution >= 4 is 44.9 Å². The molecule has 0 aliphatic heterocycles. The topological polar surface area (TPSA) is 64.0 Å². The summed E-state index contributed by atoms with van der Waals surface area (Å²) < 4.78 is 1.80. The first-order valence-electron chi connectivity index (χ1n) is 9.70. The molecule has 28 heavy (non-hydrogen) atoms. The number of nitrogens with one attached hydrogen (secondary N) is 1. The summed E-state index contributed by atoms with van der Waals surface area (Å²) in [7, 11) is 0. The lowest BCUT2D eigenvalue weighted by molar-refractivity contribution is -0.115. The minimum atomic E-state index is -0.0285. The van der Waals surface area contributed by atoms with Crippen LogP contribution in [0.2, 0.25) is 0 Å². The largest absolute Gasteiger partial charge is 0.326 e. The fourth-order valence-electron chi connectivity index (χ4n) is 3.57. The zero-order valence-electron chi connectivity index (χ0n) is 15.9. The molecule has 1 amide bonds. The highest BCUT2D eigenvalue weighted by Gasteiger charge is 2.23. The van der Waals surface area contributed by atoms with Crippen molar-refractivity contribution in [3.8, 4) is 0 Å². The number of aryl methyl sites for hydroxylation is 2. The van der Waals surface area contributed by atoms with Crippen LogP contribution < -0.4 is 10.9 Å². The molecular formula is C21H23N3O2S2. The van der Waals surface area contributed by atoms with Gasteiger partial charge in [0.05, 0.1) is 5.39 Å². The van der Waals surface area contributed by atoms with Gasteiger partial charge in [-0.05, 0) is 43.4 Å². The van der Waals surface area contributed by atoms with Gasteiger partial charge < -0.3 is 5.32 Å². The summed E-state index contributed by atoms with van der Waals surface area (Å²) in [5.41, 5.74) is 2.11. The summed E-state index contributed by atoms with van der Waals surface area (Å²) in [6.45, 7) is 2.72. The number of aromatic nitrogens is 2. The number of benzene rings is 1. The lowest BCUT2D eigenvalue weighted by Crippen LogP contribution is -2.23. The molecule has 1 aliphatic rings. The van der Waals surface area contributed by atoms with E-state index in [1.807, 2.05) is 30.3 Å². The molecule has 1 N–H and O–H groups in total. The van der Waals surface area contributed by atoms with Gasteiger partial charge in [0.15, 0.2) is 5.16 Å². The zero-order valence-corrected chi connectivity index (χ0v) is 17.5. The number of anilines is 1. The zero-order chi connectivity index (χ0) is 19.5. The molecule has 1 aromatic carbocycles. The Morgan fingerprint density at radius 1 is 1.29 bits per heavy atom. The lowest BCUT2D eigenvalue weighted by atomic mass is 10.2. The van der Waals surface area contributed by atoms with Gasteiger partial charge in [-0.1, -0.05) is 36.9 Å². The van der Waals surface area contributed by atoms with E-state index in [0.29, 0.717) is 18.7 Å². The highest BCUT2D eigenvalue weighted by Crippen LogP contribution is 2.35. The number of nitrogens with zero attached hydrogens (tertiary/aromatic N) is 2. The van der Waals surface area contributed by atoms with Gasteiger partial charge >= 0.3 is 0 Å². The van der Waals surface area contributed by atoms with Crippen LogP contribution in [0.25, 0.3) is 10.2 Å². The number of fused-ring (bicyclic) bond motifs is 3. The van der Waals surface area contributed by atoms with E-state index in [1.165, 1.54) is 22.2 Å². The summed E-state index contributed by atoms with van der Waals surface area (Å²) in [6.07, 6.45) is 4.44. The van der Waals surface area contributed by atoms with Crippen molar-refractivity contribution in [3.63, 3.8) is 0 Å². The predicted molar refractivity (Wildman–Crippen MR) is 117 cm³/mol. The Hall–Kier alpha value is -2.12. The van der Waals surface area contributed by atoms with Crippen molar-refractivity contribution in [2.75, 3.05) is 11.1 Å². The van der Waals surface area contributed by atoms with Crippen molar-refractivity contribution in [1.29, 1.82) is 0 Å². The molecule has 4 rings (SSSR count). The summed E-state index contributed by atoms with van der Waals surface area (Å²) in [4.78, 5) is 32.3. The lowest BCUT2D eigenvalue weighted by Gasteiger charge is -2.11. The number of carbonyl (C=O) groups excluding carboxylic acids is 1. The van der Waals surface area contributed by atoms with E-state index in [1.54, 1.807) is 15.9 Å². The fraction of sp³-hybridized carbons (Fsp3) is 0.381. The second kappa shape index (κ2) is 8.49. The van der Waals surface area contributed by atoms with Crippen LogP contribution >= 0.6 is 23.1 Å². The molecule has 2 heterocycles. The monoisotopic (exact) mass is 413 g/mol. The summed E-state index contributed by atoms with van der Waals surface area (Å²) in [5, 5.41) is 4.45. The second-order valence-electron chi connectivity index (χ2n) is 6.90. The summed E-state index contributed by atoms with van der Waals surface area (Å²) >= 11 is 3.16. The number of thiophene rings is 1. The Balaban J connectivity index is 1.51. The van der Waals surface area contributed by atoms with E-state index in [-0.39, 0.29) is 11.5 Å². The Bertz CT molecular complexity index is 1060. The molecule has 0 spiro atoms. The molecule has 0 unspecified atom stereocenters. The number of thioether (sulfide) groups is 1. The third-order valence-corrected chi connectivity index (χ3v) is 7.02. The minimum Gasteiger partial charge on any atom is -0.326 e. The Morgan fingerprint density at radius 3 is 2.89 bits per heavy atom. The molecule has 7 heteroatoms. The molecule has 3 aromatic rings. The maximum Gasteiger partial charge on any atom is 0.263 e. The van der Waals surface area contributed by atoms with Crippen LogP contribution in [0.1, 0.15) is 36.6 Å². The average molecular weight is 414 g/mol. The maximum absolute atomic E-state index is 13.1. The maximum atomic E-state index is 13.1. The normalized spacial score (nSPS) is 13.0. The summed E-state index contributed by atoms with van der Waals surface area (Å²) in [5.74, 6) is 0.560. The Morgan fingerprint density at radius 2 is 2.11 bits per heavy atom. The first kappa shape index (κ1) is 19.2. The van der Waals surface area contributed by atoms with Crippen molar-refractivity contribution < 1.29 is 4.79 Å². The number of hydrogen-bond acceptors (Lipinski definition) is 5. The van der Waals surface area contributed by atoms with Crippen LogP contribution in [-0.4, -0.2) is 21.2 Å². The molecule has 0 fully saturated rings. The molecule has 0 bridgehead atoms. The quantitative estimate of drug-likeness (QED) is 0.458. The third kappa shape index (κ3) is 3.86.